The van der Waals surface area contributed by atoms with Crippen LogP contribution in [0.2, 0.25) is 0 Å². The normalized spacial score (nSPS) is 9.64. The number of rotatable bonds is 6. The fourth-order valence-electron chi connectivity index (χ4n) is 0.785. The van der Waals surface area contributed by atoms with Gasteiger partial charge in [-0.1, -0.05) is 19.8 Å². The zero-order chi connectivity index (χ0) is 8.53. The van der Waals surface area contributed by atoms with Gasteiger partial charge in [0, 0.05) is 13.7 Å². The van der Waals surface area contributed by atoms with E-state index in [4.69, 9.17) is 0 Å². The summed E-state index contributed by atoms with van der Waals surface area (Å²) >= 11 is 0. The Morgan fingerprint density at radius 3 is 2.73 bits per heavy atom. The van der Waals surface area contributed by atoms with Crippen LogP contribution < -0.4 is 5.32 Å². The lowest BCUT2D eigenvalue weighted by atomic mass is 10.2. The van der Waals surface area contributed by atoms with Crippen LogP contribution in [0.3, 0.4) is 0 Å². The minimum atomic E-state index is -0.0244. The predicted molar refractivity (Wildman–Crippen MR) is 44.4 cm³/mol. The van der Waals surface area contributed by atoms with E-state index in [0.29, 0.717) is 0 Å². The third-order valence-corrected chi connectivity index (χ3v) is 1.38. The zero-order valence-electron chi connectivity index (χ0n) is 7.35. The van der Waals surface area contributed by atoms with Crippen LogP contribution in [0.1, 0.15) is 26.2 Å². The molecule has 1 amide bonds. The van der Waals surface area contributed by atoms with Gasteiger partial charge in [-0.3, -0.25) is 4.79 Å². The smallest absolute Gasteiger partial charge is 0.245 e. The highest BCUT2D eigenvalue weighted by Crippen LogP contribution is 1.90. The molecule has 0 aliphatic carbocycles. The molecule has 0 radical (unpaired) electrons. The van der Waals surface area contributed by atoms with Gasteiger partial charge in [-0.05, 0) is 6.42 Å². The van der Waals surface area contributed by atoms with Crippen LogP contribution in [0.5, 0.6) is 0 Å². The highest BCUT2D eigenvalue weighted by Gasteiger charge is 1.96. The Labute approximate surface area is 68.1 Å². The maximum atomic E-state index is 10.8. The van der Waals surface area contributed by atoms with Gasteiger partial charge in [0.05, 0.1) is 0 Å². The number of ether oxygens (including phenoxy) is 1. The molecule has 0 aromatic carbocycles. The summed E-state index contributed by atoms with van der Waals surface area (Å²) in [5, 5.41) is 2.75. The van der Waals surface area contributed by atoms with E-state index < -0.39 is 0 Å². The van der Waals surface area contributed by atoms with Crippen molar-refractivity contribution in [3.05, 3.63) is 0 Å². The van der Waals surface area contributed by atoms with Gasteiger partial charge in [-0.25, -0.2) is 0 Å². The SMILES string of the molecule is CCCCCNC(=O)COC. The first-order chi connectivity index (χ1) is 5.31. The van der Waals surface area contributed by atoms with Crippen LogP contribution in [0.15, 0.2) is 0 Å². The summed E-state index contributed by atoms with van der Waals surface area (Å²) in [6.45, 7) is 3.08. The second-order valence-electron chi connectivity index (χ2n) is 2.49. The molecule has 0 spiro atoms. The Hall–Kier alpha value is -0.570. The molecule has 0 aromatic rings. The van der Waals surface area contributed by atoms with Crippen LogP contribution in [0.25, 0.3) is 0 Å². The van der Waals surface area contributed by atoms with Crippen molar-refractivity contribution < 1.29 is 9.53 Å². The van der Waals surface area contributed by atoms with Gasteiger partial charge in [0.25, 0.3) is 0 Å². The first-order valence-corrected chi connectivity index (χ1v) is 4.07. The summed E-state index contributed by atoms with van der Waals surface area (Å²) in [6, 6.07) is 0. The van der Waals surface area contributed by atoms with Gasteiger partial charge in [0.2, 0.25) is 5.91 Å². The molecule has 0 bridgehead atoms. The standard InChI is InChI=1S/C8H17NO2/c1-3-4-5-6-9-8(10)7-11-2/h3-7H2,1-2H3,(H,9,10). The predicted octanol–water partition coefficient (Wildman–Crippen LogP) is 0.939. The van der Waals surface area contributed by atoms with E-state index >= 15 is 0 Å². The highest BCUT2D eigenvalue weighted by molar-refractivity contribution is 5.77. The monoisotopic (exact) mass is 159 g/mol. The van der Waals surface area contributed by atoms with Crippen molar-refractivity contribution in [3.8, 4) is 0 Å². The van der Waals surface area contributed by atoms with E-state index in [1.165, 1.54) is 20.0 Å². The maximum Gasteiger partial charge on any atom is 0.245 e. The molecule has 0 rings (SSSR count). The summed E-state index contributed by atoms with van der Waals surface area (Å²) in [5.74, 6) is -0.0244. The Morgan fingerprint density at radius 2 is 2.18 bits per heavy atom. The van der Waals surface area contributed by atoms with Crippen LogP contribution in [-0.4, -0.2) is 26.2 Å². The second kappa shape index (κ2) is 7.54. The molecule has 0 fully saturated rings. The molecule has 0 unspecified atom stereocenters. The second-order valence-corrected chi connectivity index (χ2v) is 2.49. The van der Waals surface area contributed by atoms with Gasteiger partial charge < -0.3 is 10.1 Å². The van der Waals surface area contributed by atoms with E-state index in [2.05, 4.69) is 17.0 Å². The number of carbonyl (C=O) groups is 1. The molecule has 66 valence electrons. The van der Waals surface area contributed by atoms with E-state index in [1.54, 1.807) is 0 Å². The van der Waals surface area contributed by atoms with Gasteiger partial charge in [0.1, 0.15) is 6.61 Å². The minimum Gasteiger partial charge on any atom is -0.375 e. The van der Waals surface area contributed by atoms with Gasteiger partial charge in [-0.2, -0.15) is 0 Å². The molecular weight excluding hydrogens is 142 g/mol. The lowest BCUT2D eigenvalue weighted by Gasteiger charge is -2.02. The number of unbranched alkanes of at least 4 members (excludes halogenated alkanes) is 2. The lowest BCUT2D eigenvalue weighted by Crippen LogP contribution is -2.27. The summed E-state index contributed by atoms with van der Waals surface area (Å²) < 4.78 is 4.65. The molecule has 0 heterocycles. The third kappa shape index (κ3) is 7.33. The molecule has 1 N–H and O–H groups in total. The van der Waals surface area contributed by atoms with Crippen LogP contribution >= 0.6 is 0 Å². The quantitative estimate of drug-likeness (QED) is 0.586. The summed E-state index contributed by atoms with van der Waals surface area (Å²) in [7, 11) is 1.52. The largest absolute Gasteiger partial charge is 0.375 e. The Kier molecular flexibility index (Phi) is 7.15. The Bertz CT molecular complexity index is 104. The average molecular weight is 159 g/mol. The molecule has 0 aliphatic heterocycles. The fraction of sp³-hybridized carbons (Fsp3) is 0.875. The molecular formula is C8H17NO2. The summed E-state index contributed by atoms with van der Waals surface area (Å²) in [6.07, 6.45) is 3.42. The highest BCUT2D eigenvalue weighted by atomic mass is 16.5. The van der Waals surface area contributed by atoms with E-state index in [1.807, 2.05) is 0 Å². The molecule has 3 heteroatoms. The van der Waals surface area contributed by atoms with Crippen molar-refractivity contribution in [2.24, 2.45) is 0 Å². The minimum absolute atomic E-state index is 0.0244. The molecule has 11 heavy (non-hydrogen) atoms. The van der Waals surface area contributed by atoms with Gasteiger partial charge in [-0.15, -0.1) is 0 Å². The van der Waals surface area contributed by atoms with E-state index in [9.17, 15) is 4.79 Å². The lowest BCUT2D eigenvalue weighted by molar-refractivity contribution is -0.124. The Morgan fingerprint density at radius 1 is 1.45 bits per heavy atom. The van der Waals surface area contributed by atoms with Crippen molar-refractivity contribution in [1.29, 1.82) is 0 Å². The number of hydrogen-bond donors (Lipinski definition) is 1. The average Bonchev–Trinajstić information content (AvgIpc) is 1.99. The fourth-order valence-corrected chi connectivity index (χ4v) is 0.785. The van der Waals surface area contributed by atoms with E-state index in [0.717, 1.165) is 13.0 Å². The van der Waals surface area contributed by atoms with Crippen molar-refractivity contribution >= 4 is 5.91 Å². The molecule has 0 aromatic heterocycles. The van der Waals surface area contributed by atoms with Crippen LogP contribution in [0, 0.1) is 0 Å². The number of nitrogens with one attached hydrogen (secondary N) is 1. The molecule has 3 nitrogen and oxygen atoms in total. The topological polar surface area (TPSA) is 38.3 Å². The number of methoxy groups -OCH3 is 1. The summed E-state index contributed by atoms with van der Waals surface area (Å²) in [5.41, 5.74) is 0. The van der Waals surface area contributed by atoms with Gasteiger partial charge in [0.15, 0.2) is 0 Å². The molecule has 0 aliphatic rings. The van der Waals surface area contributed by atoms with Crippen molar-refractivity contribution in [3.63, 3.8) is 0 Å². The summed E-state index contributed by atoms with van der Waals surface area (Å²) in [4.78, 5) is 10.8. The molecule has 0 saturated carbocycles. The van der Waals surface area contributed by atoms with Crippen LogP contribution in [-0.2, 0) is 9.53 Å². The number of amides is 1. The molecule has 0 atom stereocenters. The van der Waals surface area contributed by atoms with Crippen LogP contribution in [0.4, 0.5) is 0 Å². The third-order valence-electron chi connectivity index (χ3n) is 1.38. The zero-order valence-corrected chi connectivity index (χ0v) is 7.35. The van der Waals surface area contributed by atoms with Crippen molar-refractivity contribution in [1.82, 2.24) is 5.32 Å². The Balaban J connectivity index is 3.04. The first kappa shape index (κ1) is 10.4. The number of carbonyl (C=O) groups excluding carboxylic acids is 1. The van der Waals surface area contributed by atoms with Crippen molar-refractivity contribution in [2.75, 3.05) is 20.3 Å². The maximum absolute atomic E-state index is 10.8. The van der Waals surface area contributed by atoms with Gasteiger partial charge >= 0.3 is 0 Å². The molecule has 0 saturated heterocycles. The van der Waals surface area contributed by atoms with E-state index in [-0.39, 0.29) is 12.5 Å². The first-order valence-electron chi connectivity index (χ1n) is 4.07. The van der Waals surface area contributed by atoms with Crippen molar-refractivity contribution in [2.45, 2.75) is 26.2 Å². The number of hydrogen-bond acceptors (Lipinski definition) is 2.